The molecule has 0 radical (unpaired) electrons. The van der Waals surface area contributed by atoms with Gasteiger partial charge in [0.05, 0.1) is 0 Å². The van der Waals surface area contributed by atoms with E-state index in [1.807, 2.05) is 42.5 Å². The van der Waals surface area contributed by atoms with E-state index in [4.69, 9.17) is 18.5 Å². The van der Waals surface area contributed by atoms with Crippen LogP contribution in [0.25, 0.3) is 0 Å². The Labute approximate surface area is 178 Å². The van der Waals surface area contributed by atoms with Crippen molar-refractivity contribution in [3.8, 4) is 23.0 Å². The van der Waals surface area contributed by atoms with Gasteiger partial charge in [0, 0.05) is 0 Å². The van der Waals surface area contributed by atoms with Crippen LogP contribution in [-0.4, -0.2) is 19.1 Å². The van der Waals surface area contributed by atoms with E-state index in [1.54, 1.807) is 38.5 Å². The monoisotopic (exact) mass is 428 g/mol. The molecule has 0 spiro atoms. The van der Waals surface area contributed by atoms with Gasteiger partial charge in [-0.2, -0.15) is 0 Å². The van der Waals surface area contributed by atoms with Crippen LogP contribution in [-0.2, 0) is 12.8 Å². The summed E-state index contributed by atoms with van der Waals surface area (Å²) in [6.45, 7) is 4.14. The zero-order valence-electron chi connectivity index (χ0n) is 17.8. The van der Waals surface area contributed by atoms with Crippen LogP contribution in [0.15, 0.2) is 66.7 Å². The van der Waals surface area contributed by atoms with Crippen LogP contribution in [0.5, 0.6) is 23.0 Å². The van der Waals surface area contributed by atoms with Crippen molar-refractivity contribution in [2.75, 3.05) is 14.2 Å². The van der Waals surface area contributed by atoms with E-state index in [-0.39, 0.29) is 0 Å². The van der Waals surface area contributed by atoms with E-state index in [1.165, 1.54) is 0 Å². The molecule has 0 aromatic heterocycles. The molecule has 3 aromatic carbocycles. The SMILES string of the molecule is CCc1ccc(O[PH](O)(Oc2ccc(CC)cc2OC)c2ccccc2)c(OC)c1. The molecule has 160 valence electrons. The second kappa shape index (κ2) is 9.84. The predicted molar refractivity (Wildman–Crippen MR) is 123 cm³/mol. The predicted octanol–water partition coefficient (Wildman–Crippen LogP) is 5.10. The van der Waals surface area contributed by atoms with Crippen molar-refractivity contribution in [3.63, 3.8) is 0 Å². The number of ether oxygens (including phenoxy) is 2. The zero-order chi connectivity index (χ0) is 21.6. The molecule has 0 fully saturated rings. The van der Waals surface area contributed by atoms with E-state index in [0.717, 1.165) is 24.0 Å². The first-order chi connectivity index (χ1) is 14.5. The summed E-state index contributed by atoms with van der Waals surface area (Å²) in [4.78, 5) is 11.7. The average Bonchev–Trinajstić information content (AvgIpc) is 2.80. The van der Waals surface area contributed by atoms with E-state index in [2.05, 4.69) is 13.8 Å². The van der Waals surface area contributed by atoms with E-state index < -0.39 is 7.94 Å². The first kappa shape index (κ1) is 21.9. The molecule has 0 aliphatic rings. The number of hydrogen-bond acceptors (Lipinski definition) is 5. The van der Waals surface area contributed by atoms with Gasteiger partial charge in [-0.05, 0) is 0 Å². The number of methoxy groups -OCH3 is 2. The fourth-order valence-electron chi connectivity index (χ4n) is 3.12. The fraction of sp³-hybridized carbons (Fsp3) is 0.250. The third-order valence-electron chi connectivity index (χ3n) is 4.91. The standard InChI is InChI=1S/C24H29O5P/c1-5-18-12-14-21(23(16-18)26-3)28-30(25,20-10-8-7-9-11-20)29-22-15-13-19(6-2)17-24(22)27-4/h7-17,25,30H,5-6H2,1-4H3. The number of hydrogen-bond donors (Lipinski definition) is 1. The first-order valence-electron chi connectivity index (χ1n) is 10.0. The Kier molecular flexibility index (Phi) is 7.20. The summed E-state index contributed by atoms with van der Waals surface area (Å²) in [5.41, 5.74) is 2.23. The van der Waals surface area contributed by atoms with E-state index >= 15 is 0 Å². The van der Waals surface area contributed by atoms with Crippen molar-refractivity contribution in [1.29, 1.82) is 0 Å². The van der Waals surface area contributed by atoms with E-state index in [0.29, 0.717) is 28.3 Å². The number of aryl methyl sites for hydroxylation is 2. The van der Waals surface area contributed by atoms with Gasteiger partial charge in [0.1, 0.15) is 0 Å². The third-order valence-corrected chi connectivity index (χ3v) is 6.96. The van der Waals surface area contributed by atoms with Crippen LogP contribution in [0.3, 0.4) is 0 Å². The third kappa shape index (κ3) is 4.86. The van der Waals surface area contributed by atoms with Crippen LogP contribution in [0.1, 0.15) is 25.0 Å². The van der Waals surface area contributed by atoms with Crippen molar-refractivity contribution < 1.29 is 23.4 Å². The fourth-order valence-corrected chi connectivity index (χ4v) is 4.94. The van der Waals surface area contributed by atoms with Crippen molar-refractivity contribution >= 4 is 13.2 Å². The van der Waals surface area contributed by atoms with Gasteiger partial charge < -0.3 is 0 Å². The molecule has 0 aliphatic carbocycles. The van der Waals surface area contributed by atoms with Crippen LogP contribution >= 0.6 is 7.94 Å². The van der Waals surface area contributed by atoms with Gasteiger partial charge >= 0.3 is 178 Å². The molecule has 3 rings (SSSR count). The molecule has 0 atom stereocenters. The van der Waals surface area contributed by atoms with Gasteiger partial charge in [-0.3, -0.25) is 0 Å². The molecule has 5 nitrogen and oxygen atoms in total. The van der Waals surface area contributed by atoms with Crippen LogP contribution in [0.4, 0.5) is 0 Å². The summed E-state index contributed by atoms with van der Waals surface area (Å²) < 4.78 is 23.3. The van der Waals surface area contributed by atoms with Gasteiger partial charge in [0.2, 0.25) is 0 Å². The quantitative estimate of drug-likeness (QED) is 0.481. The Morgan fingerprint density at radius 2 is 1.13 bits per heavy atom. The molecule has 6 heteroatoms. The molecule has 0 saturated heterocycles. The van der Waals surface area contributed by atoms with Gasteiger partial charge in [-0.1, -0.05) is 0 Å². The van der Waals surface area contributed by atoms with Gasteiger partial charge in [0.25, 0.3) is 0 Å². The van der Waals surface area contributed by atoms with Crippen LogP contribution in [0.2, 0.25) is 0 Å². The maximum absolute atomic E-state index is 11.7. The van der Waals surface area contributed by atoms with Gasteiger partial charge in [0.15, 0.2) is 0 Å². The first-order valence-corrected chi connectivity index (χ1v) is 11.8. The van der Waals surface area contributed by atoms with Gasteiger partial charge in [-0.15, -0.1) is 0 Å². The van der Waals surface area contributed by atoms with Crippen molar-refractivity contribution in [2.24, 2.45) is 0 Å². The molecule has 0 unspecified atom stereocenters. The van der Waals surface area contributed by atoms with Crippen molar-refractivity contribution in [2.45, 2.75) is 26.7 Å². The molecule has 0 aliphatic heterocycles. The summed E-state index contributed by atoms with van der Waals surface area (Å²) in [6.07, 6.45) is 1.74. The summed E-state index contributed by atoms with van der Waals surface area (Å²) >= 11 is 0. The maximum atomic E-state index is 11.7. The second-order valence-corrected chi connectivity index (χ2v) is 8.98. The number of benzene rings is 3. The van der Waals surface area contributed by atoms with Crippen molar-refractivity contribution in [1.82, 2.24) is 0 Å². The summed E-state index contributed by atoms with van der Waals surface area (Å²) in [5.74, 6) is 1.95. The zero-order valence-corrected chi connectivity index (χ0v) is 18.8. The topological polar surface area (TPSA) is 57.2 Å². The summed E-state index contributed by atoms with van der Waals surface area (Å²) in [5, 5.41) is 0.577. The molecule has 0 amide bonds. The molecule has 30 heavy (non-hydrogen) atoms. The summed E-state index contributed by atoms with van der Waals surface area (Å²) in [6, 6.07) is 20.5. The van der Waals surface area contributed by atoms with Crippen LogP contribution < -0.4 is 23.8 Å². The Bertz CT molecular complexity index is 917. The van der Waals surface area contributed by atoms with E-state index in [9.17, 15) is 4.89 Å². The average molecular weight is 428 g/mol. The summed E-state index contributed by atoms with van der Waals surface area (Å²) in [7, 11) is -0.755. The number of rotatable bonds is 9. The second-order valence-electron chi connectivity index (χ2n) is 6.83. The molecule has 0 heterocycles. The molecule has 0 saturated carbocycles. The molecular weight excluding hydrogens is 399 g/mol. The molecule has 3 aromatic rings. The Hall–Kier alpha value is -2.75. The van der Waals surface area contributed by atoms with Crippen LogP contribution in [0, 0.1) is 0 Å². The molecule has 1 N–H and O–H groups in total. The molecule has 0 bridgehead atoms. The normalized spacial score (nSPS) is 11.6. The minimum atomic E-state index is -3.92. The Balaban J connectivity index is 2.03. The van der Waals surface area contributed by atoms with Crippen molar-refractivity contribution in [3.05, 3.63) is 77.9 Å². The minimum absolute atomic E-state index is 0.428. The Morgan fingerprint density at radius 3 is 1.53 bits per heavy atom. The molecular formula is C24H29O5P. The Morgan fingerprint density at radius 1 is 0.667 bits per heavy atom. The van der Waals surface area contributed by atoms with Gasteiger partial charge in [-0.25, -0.2) is 0 Å².